The van der Waals surface area contributed by atoms with E-state index < -0.39 is 17.8 Å². The second-order valence-electron chi connectivity index (χ2n) is 5.79. The number of halogens is 4. The SMILES string of the molecule is CC(=O)Oc1c(C)sc2cc(OCc3cc(C(F)(F)F)nn3C)cc(Cl)c12. The van der Waals surface area contributed by atoms with Gasteiger partial charge in [0.1, 0.15) is 12.4 Å². The summed E-state index contributed by atoms with van der Waals surface area (Å²) in [6, 6.07) is 4.17. The summed E-state index contributed by atoms with van der Waals surface area (Å²) in [5.41, 5.74) is -0.710. The van der Waals surface area contributed by atoms with Gasteiger partial charge in [0.05, 0.1) is 16.1 Å². The van der Waals surface area contributed by atoms with Gasteiger partial charge in [0, 0.05) is 23.5 Å². The van der Waals surface area contributed by atoms with Crippen molar-refractivity contribution in [1.82, 2.24) is 9.78 Å². The molecule has 0 aliphatic rings. The highest BCUT2D eigenvalue weighted by atomic mass is 35.5. The molecule has 0 saturated carbocycles. The maximum absolute atomic E-state index is 12.7. The van der Waals surface area contributed by atoms with Crippen molar-refractivity contribution in [1.29, 1.82) is 0 Å². The minimum Gasteiger partial charge on any atom is -0.487 e. The number of rotatable bonds is 4. The van der Waals surface area contributed by atoms with Gasteiger partial charge in [-0.1, -0.05) is 11.6 Å². The van der Waals surface area contributed by atoms with Crippen molar-refractivity contribution in [2.75, 3.05) is 0 Å². The Balaban J connectivity index is 1.87. The third kappa shape index (κ3) is 4.03. The first kappa shape index (κ1) is 19.5. The van der Waals surface area contributed by atoms with E-state index in [9.17, 15) is 18.0 Å². The summed E-state index contributed by atoms with van der Waals surface area (Å²) < 4.78 is 50.9. The first-order valence-electron chi connectivity index (χ1n) is 7.70. The van der Waals surface area contributed by atoms with Gasteiger partial charge in [0.15, 0.2) is 11.4 Å². The van der Waals surface area contributed by atoms with Crippen molar-refractivity contribution in [3.05, 3.63) is 39.5 Å². The minimum absolute atomic E-state index is 0.109. The Morgan fingerprint density at radius 2 is 2.04 bits per heavy atom. The molecular formula is C17H14ClF3N2O3S. The van der Waals surface area contributed by atoms with Crippen LogP contribution in [0.5, 0.6) is 11.5 Å². The number of benzene rings is 1. The summed E-state index contributed by atoms with van der Waals surface area (Å²) in [4.78, 5) is 12.1. The molecule has 0 saturated heterocycles. The molecule has 0 amide bonds. The van der Waals surface area contributed by atoms with Gasteiger partial charge >= 0.3 is 12.1 Å². The molecule has 2 heterocycles. The normalized spacial score (nSPS) is 11.8. The maximum Gasteiger partial charge on any atom is 0.435 e. The zero-order valence-corrected chi connectivity index (χ0v) is 16.1. The third-order valence-corrected chi connectivity index (χ3v) is 5.07. The highest BCUT2D eigenvalue weighted by Gasteiger charge is 2.34. The van der Waals surface area contributed by atoms with Crippen LogP contribution in [-0.4, -0.2) is 15.7 Å². The largest absolute Gasteiger partial charge is 0.487 e. The van der Waals surface area contributed by atoms with E-state index in [1.54, 1.807) is 13.0 Å². The second kappa shape index (κ2) is 7.05. The molecule has 3 rings (SSSR count). The average Bonchev–Trinajstić information content (AvgIpc) is 3.05. The Kier molecular flexibility index (Phi) is 5.09. The number of ether oxygens (including phenoxy) is 2. The van der Waals surface area contributed by atoms with Gasteiger partial charge in [-0.25, -0.2) is 0 Å². The van der Waals surface area contributed by atoms with Crippen molar-refractivity contribution in [3.63, 3.8) is 0 Å². The molecule has 3 aromatic rings. The Labute approximate surface area is 161 Å². The Morgan fingerprint density at radius 3 is 2.63 bits per heavy atom. The van der Waals surface area contributed by atoms with Crippen LogP contribution >= 0.6 is 22.9 Å². The van der Waals surface area contributed by atoms with Gasteiger partial charge < -0.3 is 9.47 Å². The molecule has 0 unspecified atom stereocenters. The highest BCUT2D eigenvalue weighted by molar-refractivity contribution is 7.19. The number of fused-ring (bicyclic) bond motifs is 1. The zero-order valence-electron chi connectivity index (χ0n) is 14.5. The molecule has 2 aromatic heterocycles. The van der Waals surface area contributed by atoms with Crippen molar-refractivity contribution in [2.24, 2.45) is 7.05 Å². The Hall–Kier alpha value is -2.26. The predicted molar refractivity (Wildman–Crippen MR) is 95.4 cm³/mol. The smallest absolute Gasteiger partial charge is 0.435 e. The average molecular weight is 419 g/mol. The Morgan fingerprint density at radius 1 is 1.33 bits per heavy atom. The first-order chi connectivity index (χ1) is 12.6. The van der Waals surface area contributed by atoms with Crippen molar-refractivity contribution >= 4 is 39.0 Å². The predicted octanol–water partition coefficient (Wildman–Crippen LogP) is 5.12. The summed E-state index contributed by atoms with van der Waals surface area (Å²) in [5, 5.41) is 4.37. The summed E-state index contributed by atoms with van der Waals surface area (Å²) in [7, 11) is 1.41. The minimum atomic E-state index is -4.51. The molecule has 0 N–H and O–H groups in total. The van der Waals surface area contributed by atoms with Crippen molar-refractivity contribution in [2.45, 2.75) is 26.6 Å². The molecule has 10 heteroatoms. The van der Waals surface area contributed by atoms with Crippen LogP contribution in [0.3, 0.4) is 0 Å². The van der Waals surface area contributed by atoms with E-state index >= 15 is 0 Å². The van der Waals surface area contributed by atoms with Crippen LogP contribution in [0.15, 0.2) is 18.2 Å². The fourth-order valence-electron chi connectivity index (χ4n) is 2.53. The summed E-state index contributed by atoms with van der Waals surface area (Å²) >= 11 is 7.68. The van der Waals surface area contributed by atoms with Gasteiger partial charge in [-0.05, 0) is 25.1 Å². The monoisotopic (exact) mass is 418 g/mol. The number of nitrogens with zero attached hydrogens (tertiary/aromatic N) is 2. The van der Waals surface area contributed by atoms with Crippen LogP contribution < -0.4 is 9.47 Å². The van der Waals surface area contributed by atoms with E-state index in [0.29, 0.717) is 21.9 Å². The van der Waals surface area contributed by atoms with E-state index in [0.717, 1.165) is 20.3 Å². The summed E-state index contributed by atoms with van der Waals surface area (Å²) in [5.74, 6) is 0.337. The van der Waals surface area contributed by atoms with Crippen LogP contribution in [0.25, 0.3) is 10.1 Å². The van der Waals surface area contributed by atoms with Crippen LogP contribution in [0.2, 0.25) is 5.02 Å². The number of aryl methyl sites for hydroxylation is 2. The fraction of sp³-hybridized carbons (Fsp3) is 0.294. The lowest BCUT2D eigenvalue weighted by Crippen LogP contribution is -2.06. The summed E-state index contributed by atoms with van der Waals surface area (Å²) in [6.07, 6.45) is -4.51. The molecule has 0 fully saturated rings. The standard InChI is InChI=1S/C17H14ClF3N2O3S/c1-8-16(26-9(2)24)15-12(18)5-11(6-13(15)27-8)25-7-10-4-14(17(19,20)21)22-23(10)3/h4-6H,7H2,1-3H3. The second-order valence-corrected chi connectivity index (χ2v) is 7.45. The molecule has 0 aliphatic carbocycles. The number of carbonyl (C=O) groups is 1. The van der Waals surface area contributed by atoms with Gasteiger partial charge in [-0.15, -0.1) is 11.3 Å². The molecular weight excluding hydrogens is 405 g/mol. The molecule has 144 valence electrons. The van der Waals surface area contributed by atoms with Crippen LogP contribution in [0.1, 0.15) is 23.2 Å². The van der Waals surface area contributed by atoms with Gasteiger partial charge in [0.2, 0.25) is 0 Å². The fourth-order valence-corrected chi connectivity index (χ4v) is 3.93. The van der Waals surface area contributed by atoms with Crippen LogP contribution in [-0.2, 0) is 24.6 Å². The number of alkyl halides is 3. The lowest BCUT2D eigenvalue weighted by atomic mass is 10.2. The maximum atomic E-state index is 12.7. The van der Waals surface area contributed by atoms with Gasteiger partial charge in [-0.3, -0.25) is 9.48 Å². The van der Waals surface area contributed by atoms with E-state index in [1.807, 2.05) is 0 Å². The third-order valence-electron chi connectivity index (χ3n) is 3.74. The number of aromatic nitrogens is 2. The highest BCUT2D eigenvalue weighted by Crippen LogP contribution is 2.43. The summed E-state index contributed by atoms with van der Waals surface area (Å²) in [6.45, 7) is 2.99. The van der Waals surface area contributed by atoms with E-state index in [2.05, 4.69) is 5.10 Å². The molecule has 1 aromatic carbocycles. The molecule has 0 spiro atoms. The number of hydrogen-bond acceptors (Lipinski definition) is 5. The van der Waals surface area contributed by atoms with Gasteiger partial charge in [0.25, 0.3) is 0 Å². The molecule has 0 aliphatic heterocycles. The molecule has 0 radical (unpaired) electrons. The zero-order chi connectivity index (χ0) is 19.9. The number of hydrogen-bond donors (Lipinski definition) is 0. The van der Waals surface area contributed by atoms with Crippen LogP contribution in [0.4, 0.5) is 13.2 Å². The van der Waals surface area contributed by atoms with E-state index in [-0.39, 0.29) is 12.3 Å². The molecule has 0 atom stereocenters. The van der Waals surface area contributed by atoms with Crippen molar-refractivity contribution < 1.29 is 27.4 Å². The van der Waals surface area contributed by atoms with E-state index in [4.69, 9.17) is 21.1 Å². The quantitative estimate of drug-likeness (QED) is 0.552. The Bertz CT molecular complexity index is 1030. The van der Waals surface area contributed by atoms with Crippen molar-refractivity contribution in [3.8, 4) is 11.5 Å². The lowest BCUT2D eigenvalue weighted by Gasteiger charge is -2.08. The topological polar surface area (TPSA) is 53.4 Å². The number of carbonyl (C=O) groups excluding carboxylic acids is 1. The lowest BCUT2D eigenvalue weighted by molar-refractivity contribution is -0.141. The number of esters is 1. The molecule has 5 nitrogen and oxygen atoms in total. The number of thiophene rings is 1. The first-order valence-corrected chi connectivity index (χ1v) is 8.89. The van der Waals surface area contributed by atoms with E-state index in [1.165, 1.54) is 31.4 Å². The molecule has 27 heavy (non-hydrogen) atoms. The molecule has 0 bridgehead atoms. The van der Waals surface area contributed by atoms with Gasteiger partial charge in [-0.2, -0.15) is 18.3 Å². The van der Waals surface area contributed by atoms with Crippen LogP contribution in [0, 0.1) is 6.92 Å².